The van der Waals surface area contributed by atoms with E-state index in [-0.39, 0.29) is 24.0 Å². The van der Waals surface area contributed by atoms with E-state index >= 15 is 0 Å². The van der Waals surface area contributed by atoms with Crippen LogP contribution in [0.1, 0.15) is 85.5 Å². The molecule has 200 valence electrons. The normalized spacial score (nSPS) is 35.0. The third kappa shape index (κ3) is 8.21. The molecule has 0 bridgehead atoms. The van der Waals surface area contributed by atoms with Gasteiger partial charge in [-0.05, 0) is 76.5 Å². The van der Waals surface area contributed by atoms with Crippen LogP contribution in [0.3, 0.4) is 0 Å². The summed E-state index contributed by atoms with van der Waals surface area (Å²) in [5, 5.41) is 9.86. The van der Waals surface area contributed by atoms with E-state index in [1.54, 1.807) is 0 Å². The molecule has 3 N–H and O–H groups in total. The van der Waals surface area contributed by atoms with Crippen molar-refractivity contribution in [3.8, 4) is 0 Å². The predicted molar refractivity (Wildman–Crippen MR) is 141 cm³/mol. The Morgan fingerprint density at radius 1 is 1.00 bits per heavy atom. The van der Waals surface area contributed by atoms with Crippen LogP contribution in [0, 0.1) is 17.8 Å². The Morgan fingerprint density at radius 3 is 2.37 bits per heavy atom. The SMILES string of the molecule is C=C1[C@H](C2CC2)NC[C@@H](C)OC2CCCCC2CCCNC(=O)[C@@H](CC(C)C)NC(=O)[C@@H](C)N1C. The molecule has 0 radical (unpaired) electrons. The third-order valence-corrected chi connectivity index (χ3v) is 8.13. The molecule has 7 heteroatoms. The van der Waals surface area contributed by atoms with Gasteiger partial charge in [0.05, 0.1) is 12.2 Å². The number of fused-ring (bicyclic) bond motifs is 1. The summed E-state index contributed by atoms with van der Waals surface area (Å²) >= 11 is 0. The molecule has 3 aliphatic rings. The van der Waals surface area contributed by atoms with Crippen LogP contribution in [0.25, 0.3) is 0 Å². The van der Waals surface area contributed by atoms with Crippen molar-refractivity contribution in [3.05, 3.63) is 12.3 Å². The van der Waals surface area contributed by atoms with E-state index in [0.29, 0.717) is 36.8 Å². The number of amides is 2. The minimum Gasteiger partial charge on any atom is -0.374 e. The van der Waals surface area contributed by atoms with Crippen LogP contribution in [0.15, 0.2) is 12.3 Å². The van der Waals surface area contributed by atoms with Crippen LogP contribution in [0.4, 0.5) is 0 Å². The molecule has 7 nitrogen and oxygen atoms in total. The van der Waals surface area contributed by atoms with E-state index in [1.165, 1.54) is 32.1 Å². The van der Waals surface area contributed by atoms with Crippen molar-refractivity contribution in [3.63, 3.8) is 0 Å². The van der Waals surface area contributed by atoms with Gasteiger partial charge in [0.2, 0.25) is 11.8 Å². The highest BCUT2D eigenvalue weighted by Gasteiger charge is 2.37. The number of carbonyl (C=O) groups is 2. The van der Waals surface area contributed by atoms with E-state index in [9.17, 15) is 9.59 Å². The Labute approximate surface area is 213 Å². The summed E-state index contributed by atoms with van der Waals surface area (Å²) < 4.78 is 6.57. The molecule has 2 aliphatic carbocycles. The van der Waals surface area contributed by atoms with Crippen molar-refractivity contribution in [1.82, 2.24) is 20.9 Å². The summed E-state index contributed by atoms with van der Waals surface area (Å²) in [6, 6.07) is -0.796. The molecule has 0 spiro atoms. The van der Waals surface area contributed by atoms with E-state index in [0.717, 1.165) is 31.5 Å². The zero-order valence-corrected chi connectivity index (χ0v) is 22.8. The molecule has 2 amide bonds. The van der Waals surface area contributed by atoms with Crippen LogP contribution < -0.4 is 16.0 Å². The molecule has 6 atom stereocenters. The average Bonchev–Trinajstić information content (AvgIpc) is 3.65. The molecule has 0 aromatic heterocycles. The highest BCUT2D eigenvalue weighted by Crippen LogP contribution is 2.36. The lowest BCUT2D eigenvalue weighted by Gasteiger charge is -2.36. The first-order valence-electron chi connectivity index (χ1n) is 14.1. The fourth-order valence-electron chi connectivity index (χ4n) is 5.65. The maximum atomic E-state index is 13.2. The van der Waals surface area contributed by atoms with Gasteiger partial charge in [-0.1, -0.05) is 33.3 Å². The number of likely N-dealkylation sites (N-methyl/N-ethyl adjacent to an activating group) is 1. The van der Waals surface area contributed by atoms with Crippen molar-refractivity contribution in [2.45, 2.75) is 116 Å². The van der Waals surface area contributed by atoms with Crippen molar-refractivity contribution in [2.24, 2.45) is 17.8 Å². The van der Waals surface area contributed by atoms with E-state index < -0.39 is 12.1 Å². The van der Waals surface area contributed by atoms with Gasteiger partial charge < -0.3 is 25.6 Å². The van der Waals surface area contributed by atoms with Gasteiger partial charge in [0.25, 0.3) is 0 Å². The summed E-state index contributed by atoms with van der Waals surface area (Å²) in [5.74, 6) is 1.20. The van der Waals surface area contributed by atoms with Gasteiger partial charge in [-0.15, -0.1) is 0 Å². The summed E-state index contributed by atoms with van der Waals surface area (Å²) in [4.78, 5) is 28.2. The molecular formula is C28H50N4O3. The second kappa shape index (κ2) is 13.1. The predicted octanol–water partition coefficient (Wildman–Crippen LogP) is 3.59. The van der Waals surface area contributed by atoms with Gasteiger partial charge in [-0.2, -0.15) is 0 Å². The summed E-state index contributed by atoms with van der Waals surface area (Å²) in [6.07, 6.45) is 10.2. The molecular weight excluding hydrogens is 440 g/mol. The van der Waals surface area contributed by atoms with Crippen LogP contribution >= 0.6 is 0 Å². The lowest BCUT2D eigenvalue weighted by Crippen LogP contribution is -2.54. The molecule has 0 aromatic rings. The van der Waals surface area contributed by atoms with E-state index in [4.69, 9.17) is 4.74 Å². The molecule has 3 fully saturated rings. The van der Waals surface area contributed by atoms with Gasteiger partial charge in [0, 0.05) is 31.9 Å². The van der Waals surface area contributed by atoms with E-state index in [2.05, 4.69) is 43.3 Å². The van der Waals surface area contributed by atoms with E-state index in [1.807, 2.05) is 18.9 Å². The first kappa shape index (κ1) is 28.0. The number of rotatable bonds is 3. The van der Waals surface area contributed by atoms with Gasteiger partial charge in [0.15, 0.2) is 0 Å². The molecule has 2 unspecified atom stereocenters. The Morgan fingerprint density at radius 2 is 1.69 bits per heavy atom. The lowest BCUT2D eigenvalue weighted by atomic mass is 9.83. The number of hydrogen-bond acceptors (Lipinski definition) is 5. The zero-order valence-electron chi connectivity index (χ0n) is 22.8. The van der Waals surface area contributed by atoms with Gasteiger partial charge in [0.1, 0.15) is 12.1 Å². The zero-order chi connectivity index (χ0) is 25.5. The average molecular weight is 491 g/mol. The number of carbonyl (C=O) groups excluding carboxylic acids is 2. The van der Waals surface area contributed by atoms with Crippen molar-refractivity contribution < 1.29 is 14.3 Å². The smallest absolute Gasteiger partial charge is 0.243 e. The number of ether oxygens (including phenoxy) is 1. The van der Waals surface area contributed by atoms with Crippen LogP contribution in [-0.4, -0.2) is 67.2 Å². The number of nitrogens with zero attached hydrogens (tertiary/aromatic N) is 1. The number of nitrogens with one attached hydrogen (secondary N) is 3. The van der Waals surface area contributed by atoms with Crippen molar-refractivity contribution in [1.29, 1.82) is 0 Å². The van der Waals surface area contributed by atoms with Crippen LogP contribution in [0.2, 0.25) is 0 Å². The summed E-state index contributed by atoms with van der Waals surface area (Å²) in [5.41, 5.74) is 0.934. The highest BCUT2D eigenvalue weighted by molar-refractivity contribution is 5.89. The minimum atomic E-state index is -0.519. The van der Waals surface area contributed by atoms with Crippen molar-refractivity contribution in [2.75, 3.05) is 20.1 Å². The molecule has 35 heavy (non-hydrogen) atoms. The second-order valence-corrected chi connectivity index (χ2v) is 11.7. The minimum absolute atomic E-state index is 0.0792. The van der Waals surface area contributed by atoms with Gasteiger partial charge in [-0.25, -0.2) is 0 Å². The van der Waals surface area contributed by atoms with Crippen LogP contribution in [-0.2, 0) is 14.3 Å². The maximum absolute atomic E-state index is 13.2. The van der Waals surface area contributed by atoms with Gasteiger partial charge >= 0.3 is 0 Å². The molecule has 0 aromatic carbocycles. The Balaban J connectivity index is 1.76. The lowest BCUT2D eigenvalue weighted by molar-refractivity contribution is -0.131. The Bertz CT molecular complexity index is 723. The molecule has 1 aliphatic heterocycles. The highest BCUT2D eigenvalue weighted by atomic mass is 16.5. The molecule has 3 rings (SSSR count). The third-order valence-electron chi connectivity index (χ3n) is 8.13. The first-order valence-corrected chi connectivity index (χ1v) is 14.1. The summed E-state index contributed by atoms with van der Waals surface area (Å²) in [6.45, 7) is 14.0. The topological polar surface area (TPSA) is 82.7 Å². The monoisotopic (exact) mass is 490 g/mol. The van der Waals surface area contributed by atoms with Crippen molar-refractivity contribution >= 4 is 11.8 Å². The first-order chi connectivity index (χ1) is 16.7. The Kier molecular flexibility index (Phi) is 10.5. The van der Waals surface area contributed by atoms with Gasteiger partial charge in [-0.3, -0.25) is 9.59 Å². The summed E-state index contributed by atoms with van der Waals surface area (Å²) in [7, 11) is 1.94. The molecule has 1 saturated heterocycles. The van der Waals surface area contributed by atoms with Crippen LogP contribution in [0.5, 0.6) is 0 Å². The standard InChI is InChI=1S/C28H50N4O3/c1-18(2)16-24-28(34)29-15-9-11-22-10-7-8-12-25(22)35-19(3)17-30-26(23-13-14-23)20(4)32(6)21(5)27(33)31-24/h18-19,21-26,30H,4,7-17H2,1-3,5-6H3,(H,29,34)(H,31,33)/t19-,21-,22?,24-,25?,26-/m1/s1. The molecule has 1 heterocycles. The fourth-order valence-corrected chi connectivity index (χ4v) is 5.65. The second-order valence-electron chi connectivity index (χ2n) is 11.7. The maximum Gasteiger partial charge on any atom is 0.243 e. The number of hydrogen-bond donors (Lipinski definition) is 3. The fraction of sp³-hybridized carbons (Fsp3) is 0.857. The quantitative estimate of drug-likeness (QED) is 0.563. The molecule has 2 saturated carbocycles. The largest absolute Gasteiger partial charge is 0.374 e. The Hall–Kier alpha value is -1.60.